The number of anilines is 2. The molecule has 0 heterocycles. The van der Waals surface area contributed by atoms with Gasteiger partial charge in [-0.25, -0.2) is 0 Å². The number of methoxy groups -OCH3 is 1. The fourth-order valence-corrected chi connectivity index (χ4v) is 1.65. The monoisotopic (exact) mass is 279 g/mol. The maximum absolute atomic E-state index is 11.9. The lowest BCUT2D eigenvalue weighted by Crippen LogP contribution is -2.23. The Hall–Kier alpha value is -1.92. The van der Waals surface area contributed by atoms with Crippen LogP contribution in [0.25, 0.3) is 0 Å². The van der Waals surface area contributed by atoms with Crippen LogP contribution in [0.4, 0.5) is 11.4 Å². The summed E-state index contributed by atoms with van der Waals surface area (Å²) >= 11 is 0. The van der Waals surface area contributed by atoms with Crippen molar-refractivity contribution in [2.24, 2.45) is 11.7 Å². The third-order valence-electron chi connectivity index (χ3n) is 2.74. The Bertz CT molecular complexity index is 463. The molecule has 0 radical (unpaired) electrons. The van der Waals surface area contributed by atoms with Crippen LogP contribution in [-0.4, -0.2) is 32.1 Å². The van der Waals surface area contributed by atoms with Gasteiger partial charge in [0, 0.05) is 24.4 Å². The van der Waals surface area contributed by atoms with Crippen molar-refractivity contribution in [3.63, 3.8) is 0 Å². The predicted octanol–water partition coefficient (Wildman–Crippen LogP) is 1.19. The molecule has 0 saturated heterocycles. The van der Waals surface area contributed by atoms with Crippen LogP contribution in [0, 0.1) is 5.92 Å². The number of carbonyl (C=O) groups is 2. The van der Waals surface area contributed by atoms with Gasteiger partial charge in [0.15, 0.2) is 0 Å². The largest absolute Gasteiger partial charge is 0.375 e. The van der Waals surface area contributed by atoms with E-state index in [0.717, 1.165) is 0 Å². The molecule has 1 atom stereocenters. The summed E-state index contributed by atoms with van der Waals surface area (Å²) in [7, 11) is 1.45. The first-order chi connectivity index (χ1) is 9.56. The lowest BCUT2D eigenvalue weighted by molar-refractivity contribution is -0.120. The molecule has 0 aliphatic heterocycles. The number of rotatable bonds is 7. The maximum Gasteiger partial charge on any atom is 0.250 e. The van der Waals surface area contributed by atoms with Crippen LogP contribution >= 0.6 is 0 Å². The minimum atomic E-state index is -0.243. The molecule has 6 heteroatoms. The molecular formula is C14H21N3O3. The molecule has 1 unspecified atom stereocenters. The van der Waals surface area contributed by atoms with E-state index in [0.29, 0.717) is 24.3 Å². The summed E-state index contributed by atoms with van der Waals surface area (Å²) in [4.78, 5) is 23.3. The van der Waals surface area contributed by atoms with Crippen LogP contribution in [0.1, 0.15) is 13.3 Å². The highest BCUT2D eigenvalue weighted by Crippen LogP contribution is 2.16. The number of benzene rings is 1. The van der Waals surface area contributed by atoms with Gasteiger partial charge >= 0.3 is 0 Å². The second kappa shape index (κ2) is 8.29. The second-order valence-corrected chi connectivity index (χ2v) is 4.53. The fourth-order valence-electron chi connectivity index (χ4n) is 1.65. The van der Waals surface area contributed by atoms with Gasteiger partial charge in [-0.15, -0.1) is 0 Å². The first kappa shape index (κ1) is 16.1. The highest BCUT2D eigenvalue weighted by molar-refractivity contribution is 5.95. The molecule has 110 valence electrons. The molecular weight excluding hydrogens is 258 g/mol. The van der Waals surface area contributed by atoms with E-state index < -0.39 is 0 Å². The molecule has 0 aliphatic carbocycles. The average Bonchev–Trinajstić information content (AvgIpc) is 2.39. The molecule has 1 aromatic rings. The summed E-state index contributed by atoms with van der Waals surface area (Å²) in [5.74, 6) is -0.477. The summed E-state index contributed by atoms with van der Waals surface area (Å²) in [6.07, 6.45) is 0.635. The van der Waals surface area contributed by atoms with E-state index in [9.17, 15) is 9.59 Å². The number of carbonyl (C=O) groups excluding carboxylic acids is 2. The SMILES string of the molecule is COCC(=O)Nc1cccc(NC(=O)C(C)CCN)c1. The summed E-state index contributed by atoms with van der Waals surface area (Å²) < 4.78 is 4.74. The maximum atomic E-state index is 11.9. The van der Waals surface area contributed by atoms with Gasteiger partial charge in [-0.3, -0.25) is 9.59 Å². The lowest BCUT2D eigenvalue weighted by atomic mass is 10.1. The topological polar surface area (TPSA) is 93.5 Å². The number of ether oxygens (including phenoxy) is 1. The number of nitrogens with one attached hydrogen (secondary N) is 2. The molecule has 0 spiro atoms. The Morgan fingerprint density at radius 3 is 2.55 bits per heavy atom. The Morgan fingerprint density at radius 2 is 1.95 bits per heavy atom. The van der Waals surface area contributed by atoms with Crippen molar-refractivity contribution in [1.82, 2.24) is 0 Å². The van der Waals surface area contributed by atoms with Crippen molar-refractivity contribution in [2.75, 3.05) is 30.9 Å². The molecule has 20 heavy (non-hydrogen) atoms. The molecule has 0 fully saturated rings. The molecule has 0 aliphatic rings. The summed E-state index contributed by atoms with van der Waals surface area (Å²) in [5.41, 5.74) is 6.67. The molecule has 2 amide bonds. The highest BCUT2D eigenvalue weighted by atomic mass is 16.5. The Balaban J connectivity index is 2.63. The average molecular weight is 279 g/mol. The predicted molar refractivity (Wildman–Crippen MR) is 78.4 cm³/mol. The molecule has 1 rings (SSSR count). The number of nitrogens with two attached hydrogens (primary N) is 1. The van der Waals surface area contributed by atoms with E-state index in [1.807, 2.05) is 6.92 Å². The van der Waals surface area contributed by atoms with E-state index >= 15 is 0 Å². The number of hydrogen-bond acceptors (Lipinski definition) is 4. The van der Waals surface area contributed by atoms with Crippen LogP contribution in [0.5, 0.6) is 0 Å². The molecule has 4 N–H and O–H groups in total. The molecule has 0 saturated carbocycles. The van der Waals surface area contributed by atoms with Gasteiger partial charge in [0.2, 0.25) is 11.8 Å². The van der Waals surface area contributed by atoms with Crippen molar-refractivity contribution < 1.29 is 14.3 Å². The summed E-state index contributed by atoms with van der Waals surface area (Å²) in [5, 5.41) is 5.47. The van der Waals surface area contributed by atoms with Gasteiger partial charge in [0.05, 0.1) is 0 Å². The van der Waals surface area contributed by atoms with Gasteiger partial charge in [0.1, 0.15) is 6.61 Å². The Morgan fingerprint density at radius 1 is 1.30 bits per heavy atom. The number of amides is 2. The second-order valence-electron chi connectivity index (χ2n) is 4.53. The van der Waals surface area contributed by atoms with Gasteiger partial charge in [-0.2, -0.15) is 0 Å². The zero-order chi connectivity index (χ0) is 15.0. The van der Waals surface area contributed by atoms with E-state index in [-0.39, 0.29) is 24.3 Å². The van der Waals surface area contributed by atoms with E-state index in [2.05, 4.69) is 10.6 Å². The van der Waals surface area contributed by atoms with Crippen molar-refractivity contribution in [3.8, 4) is 0 Å². The lowest BCUT2D eigenvalue weighted by Gasteiger charge is -2.12. The minimum Gasteiger partial charge on any atom is -0.375 e. The van der Waals surface area contributed by atoms with Crippen molar-refractivity contribution >= 4 is 23.2 Å². The van der Waals surface area contributed by atoms with Crippen LogP contribution in [0.3, 0.4) is 0 Å². The number of hydrogen-bond donors (Lipinski definition) is 3. The van der Waals surface area contributed by atoms with Crippen LogP contribution in [0.2, 0.25) is 0 Å². The zero-order valence-electron chi connectivity index (χ0n) is 11.8. The first-order valence-electron chi connectivity index (χ1n) is 6.46. The zero-order valence-corrected chi connectivity index (χ0v) is 11.8. The minimum absolute atomic E-state index is 0.00980. The normalized spacial score (nSPS) is 11.8. The van der Waals surface area contributed by atoms with Crippen LogP contribution < -0.4 is 16.4 Å². The van der Waals surface area contributed by atoms with Gasteiger partial charge in [0.25, 0.3) is 0 Å². The summed E-state index contributed by atoms with van der Waals surface area (Å²) in [6.45, 7) is 2.29. The fraction of sp³-hybridized carbons (Fsp3) is 0.429. The van der Waals surface area contributed by atoms with E-state index in [1.54, 1.807) is 24.3 Å². The van der Waals surface area contributed by atoms with Gasteiger partial charge in [-0.1, -0.05) is 13.0 Å². The van der Waals surface area contributed by atoms with Crippen LogP contribution in [0.15, 0.2) is 24.3 Å². The van der Waals surface area contributed by atoms with Crippen molar-refractivity contribution in [2.45, 2.75) is 13.3 Å². The highest BCUT2D eigenvalue weighted by Gasteiger charge is 2.12. The molecule has 1 aromatic carbocycles. The van der Waals surface area contributed by atoms with Crippen LogP contribution in [-0.2, 0) is 14.3 Å². The Kier molecular flexibility index (Phi) is 6.69. The summed E-state index contributed by atoms with van der Waals surface area (Å²) in [6, 6.07) is 6.96. The molecule has 0 aromatic heterocycles. The van der Waals surface area contributed by atoms with Crippen molar-refractivity contribution in [3.05, 3.63) is 24.3 Å². The third-order valence-corrected chi connectivity index (χ3v) is 2.74. The molecule has 6 nitrogen and oxygen atoms in total. The quantitative estimate of drug-likeness (QED) is 0.699. The van der Waals surface area contributed by atoms with E-state index in [4.69, 9.17) is 10.5 Å². The first-order valence-corrected chi connectivity index (χ1v) is 6.46. The van der Waals surface area contributed by atoms with E-state index in [1.165, 1.54) is 7.11 Å². The van der Waals surface area contributed by atoms with Gasteiger partial charge < -0.3 is 21.1 Å². The molecule has 0 bridgehead atoms. The smallest absolute Gasteiger partial charge is 0.250 e. The third kappa shape index (κ3) is 5.38. The van der Waals surface area contributed by atoms with Gasteiger partial charge in [-0.05, 0) is 31.2 Å². The standard InChI is InChI=1S/C14H21N3O3/c1-10(6-7-15)14(19)17-12-5-3-4-11(8-12)16-13(18)9-20-2/h3-5,8,10H,6-7,9,15H2,1-2H3,(H,16,18)(H,17,19). The van der Waals surface area contributed by atoms with Crippen molar-refractivity contribution in [1.29, 1.82) is 0 Å². The Labute approximate surface area is 118 Å².